The van der Waals surface area contributed by atoms with E-state index in [1.165, 1.54) is 0 Å². The van der Waals surface area contributed by atoms with Crippen LogP contribution in [-0.2, 0) is 0 Å². The number of hydrogen-bond donors (Lipinski definition) is 1. The second-order valence-electron chi connectivity index (χ2n) is 5.92. The molecule has 1 N–H and O–H groups in total. The summed E-state index contributed by atoms with van der Waals surface area (Å²) in [5.74, 6) is 2.09. The van der Waals surface area contributed by atoms with Crippen LogP contribution < -0.4 is 15.1 Å². The fourth-order valence-corrected chi connectivity index (χ4v) is 2.69. The number of piperidine rings is 1. The quantitative estimate of drug-likeness (QED) is 0.899. The zero-order chi connectivity index (χ0) is 16.9. The van der Waals surface area contributed by atoms with Gasteiger partial charge in [-0.2, -0.15) is 10.2 Å². The topological polar surface area (TPSA) is 93.9 Å². The number of nitrogens with one attached hydrogen (secondary N) is 1. The van der Waals surface area contributed by atoms with E-state index in [9.17, 15) is 0 Å². The third-order valence-electron chi connectivity index (χ3n) is 3.89. The monoisotopic (exact) mass is 324 g/mol. The van der Waals surface area contributed by atoms with Gasteiger partial charge in [0, 0.05) is 45.6 Å². The fourth-order valence-electron chi connectivity index (χ4n) is 2.69. The molecular weight excluding hydrogens is 304 g/mol. The van der Waals surface area contributed by atoms with Crippen molar-refractivity contribution in [3.8, 4) is 6.07 Å². The molecule has 1 aliphatic rings. The lowest BCUT2D eigenvalue weighted by Gasteiger charge is -2.33. The highest BCUT2D eigenvalue weighted by Gasteiger charge is 2.22. The number of hydrogen-bond acceptors (Lipinski definition) is 8. The lowest BCUT2D eigenvalue weighted by atomic mass is 10.1. The lowest BCUT2D eigenvalue weighted by Crippen LogP contribution is -2.43. The Kier molecular flexibility index (Phi) is 4.70. The van der Waals surface area contributed by atoms with Crippen LogP contribution >= 0.6 is 0 Å². The van der Waals surface area contributed by atoms with Crippen LogP contribution in [0.3, 0.4) is 0 Å². The van der Waals surface area contributed by atoms with E-state index in [0.29, 0.717) is 17.6 Å². The molecule has 2 aromatic heterocycles. The van der Waals surface area contributed by atoms with Crippen molar-refractivity contribution in [2.75, 3.05) is 42.3 Å². The highest BCUT2D eigenvalue weighted by Crippen LogP contribution is 2.19. The first-order chi connectivity index (χ1) is 11.7. The molecule has 0 saturated carbocycles. The molecular formula is C16H20N8. The van der Waals surface area contributed by atoms with Crippen molar-refractivity contribution < 1.29 is 0 Å². The van der Waals surface area contributed by atoms with Crippen molar-refractivity contribution in [2.24, 2.45) is 0 Å². The van der Waals surface area contributed by atoms with Crippen LogP contribution in [0, 0.1) is 11.3 Å². The Balaban J connectivity index is 1.69. The maximum atomic E-state index is 8.99. The summed E-state index contributed by atoms with van der Waals surface area (Å²) < 4.78 is 0. The summed E-state index contributed by atoms with van der Waals surface area (Å²) in [6.45, 7) is 1.64. The van der Waals surface area contributed by atoms with Gasteiger partial charge in [-0.05, 0) is 25.0 Å². The lowest BCUT2D eigenvalue weighted by molar-refractivity contribution is 0.520. The van der Waals surface area contributed by atoms with E-state index in [0.717, 1.165) is 31.7 Å². The maximum Gasteiger partial charge on any atom is 0.226 e. The summed E-state index contributed by atoms with van der Waals surface area (Å²) >= 11 is 0. The molecule has 0 spiro atoms. The van der Waals surface area contributed by atoms with Crippen molar-refractivity contribution in [2.45, 2.75) is 18.9 Å². The molecule has 8 heteroatoms. The molecule has 0 bridgehead atoms. The minimum absolute atomic E-state index is 0.213. The van der Waals surface area contributed by atoms with Crippen LogP contribution in [0.1, 0.15) is 18.5 Å². The highest BCUT2D eigenvalue weighted by atomic mass is 15.3. The molecule has 1 aliphatic heterocycles. The Morgan fingerprint density at radius 3 is 2.88 bits per heavy atom. The Morgan fingerprint density at radius 2 is 2.08 bits per heavy atom. The van der Waals surface area contributed by atoms with Gasteiger partial charge in [-0.15, -0.1) is 0 Å². The van der Waals surface area contributed by atoms with Crippen LogP contribution in [-0.4, -0.2) is 53.2 Å². The number of nitriles is 1. The molecule has 2 aromatic rings. The Bertz CT molecular complexity index is 739. The summed E-state index contributed by atoms with van der Waals surface area (Å²) in [6.07, 6.45) is 5.43. The third-order valence-corrected chi connectivity index (χ3v) is 3.89. The molecule has 3 heterocycles. The molecule has 0 aliphatic carbocycles. The minimum atomic E-state index is 0.213. The van der Waals surface area contributed by atoms with E-state index in [2.05, 4.69) is 36.2 Å². The van der Waals surface area contributed by atoms with Gasteiger partial charge in [0.25, 0.3) is 0 Å². The van der Waals surface area contributed by atoms with E-state index >= 15 is 0 Å². The van der Waals surface area contributed by atoms with Gasteiger partial charge in [0.2, 0.25) is 11.9 Å². The van der Waals surface area contributed by atoms with Crippen molar-refractivity contribution in [1.29, 1.82) is 5.26 Å². The summed E-state index contributed by atoms with van der Waals surface area (Å²) in [6, 6.07) is 5.76. The average Bonchev–Trinajstić information content (AvgIpc) is 2.62. The zero-order valence-corrected chi connectivity index (χ0v) is 13.8. The largest absolute Gasteiger partial charge is 0.363 e. The molecule has 124 valence electrons. The van der Waals surface area contributed by atoms with Crippen LogP contribution in [0.15, 0.2) is 24.5 Å². The molecule has 1 fully saturated rings. The molecule has 1 unspecified atom stereocenters. The van der Waals surface area contributed by atoms with Crippen LogP contribution in [0.5, 0.6) is 0 Å². The predicted molar refractivity (Wildman–Crippen MR) is 92.0 cm³/mol. The third kappa shape index (κ3) is 3.68. The highest BCUT2D eigenvalue weighted by molar-refractivity contribution is 5.42. The number of rotatable bonds is 4. The average molecular weight is 324 g/mol. The molecule has 0 radical (unpaired) electrons. The van der Waals surface area contributed by atoms with Gasteiger partial charge in [0.15, 0.2) is 0 Å². The van der Waals surface area contributed by atoms with Crippen LogP contribution in [0.2, 0.25) is 0 Å². The van der Waals surface area contributed by atoms with Gasteiger partial charge in [0.1, 0.15) is 17.6 Å². The van der Waals surface area contributed by atoms with Crippen molar-refractivity contribution in [3.05, 3.63) is 30.2 Å². The smallest absolute Gasteiger partial charge is 0.226 e. The van der Waals surface area contributed by atoms with Crippen molar-refractivity contribution >= 4 is 17.7 Å². The van der Waals surface area contributed by atoms with Gasteiger partial charge in [-0.25, -0.2) is 15.0 Å². The standard InChI is InChI=1S/C16H20N8/c1-23(2)14-6-8-18-15(22-14)20-13-4-3-9-24(11-13)16-19-7-5-12(10-17)21-16/h5-8,13H,3-4,9,11H2,1-2H3,(H,18,20,22). The SMILES string of the molecule is CN(C)c1ccnc(NC2CCCN(c3nccc(C#N)n3)C2)n1. The maximum absolute atomic E-state index is 8.99. The van der Waals surface area contributed by atoms with E-state index in [1.54, 1.807) is 18.5 Å². The van der Waals surface area contributed by atoms with Crippen LogP contribution in [0.25, 0.3) is 0 Å². The van der Waals surface area contributed by atoms with Gasteiger partial charge < -0.3 is 15.1 Å². The Labute approximate surface area is 141 Å². The predicted octanol–water partition coefficient (Wildman–Crippen LogP) is 1.29. The molecule has 24 heavy (non-hydrogen) atoms. The Hall–Kier alpha value is -2.95. The van der Waals surface area contributed by atoms with Gasteiger partial charge in [0.05, 0.1) is 0 Å². The molecule has 1 saturated heterocycles. The second kappa shape index (κ2) is 7.08. The van der Waals surface area contributed by atoms with E-state index in [-0.39, 0.29) is 6.04 Å². The summed E-state index contributed by atoms with van der Waals surface area (Å²) in [5.41, 5.74) is 0.386. The van der Waals surface area contributed by atoms with E-state index in [4.69, 9.17) is 5.26 Å². The summed E-state index contributed by atoms with van der Waals surface area (Å²) in [5, 5.41) is 12.4. The second-order valence-corrected chi connectivity index (χ2v) is 5.92. The van der Waals surface area contributed by atoms with Gasteiger partial charge in [-0.3, -0.25) is 0 Å². The number of aromatic nitrogens is 4. The van der Waals surface area contributed by atoms with Gasteiger partial charge >= 0.3 is 0 Å². The van der Waals surface area contributed by atoms with E-state index < -0.39 is 0 Å². The first kappa shape index (κ1) is 15.9. The van der Waals surface area contributed by atoms with Crippen molar-refractivity contribution in [3.63, 3.8) is 0 Å². The minimum Gasteiger partial charge on any atom is -0.363 e. The first-order valence-electron chi connectivity index (χ1n) is 7.90. The molecule has 0 amide bonds. The fraction of sp³-hybridized carbons (Fsp3) is 0.438. The normalized spacial score (nSPS) is 17.2. The summed E-state index contributed by atoms with van der Waals surface area (Å²) in [4.78, 5) is 21.4. The van der Waals surface area contributed by atoms with Crippen LogP contribution in [0.4, 0.5) is 17.7 Å². The Morgan fingerprint density at radius 1 is 1.25 bits per heavy atom. The molecule has 8 nitrogen and oxygen atoms in total. The number of nitrogens with zero attached hydrogens (tertiary/aromatic N) is 7. The first-order valence-corrected chi connectivity index (χ1v) is 7.90. The molecule has 3 rings (SSSR count). The number of anilines is 3. The summed E-state index contributed by atoms with van der Waals surface area (Å²) in [7, 11) is 3.90. The van der Waals surface area contributed by atoms with E-state index in [1.807, 2.05) is 25.1 Å². The molecule has 1 atom stereocenters. The zero-order valence-electron chi connectivity index (χ0n) is 13.8. The van der Waals surface area contributed by atoms with Crippen molar-refractivity contribution in [1.82, 2.24) is 19.9 Å². The van der Waals surface area contributed by atoms with Gasteiger partial charge in [-0.1, -0.05) is 0 Å². The molecule has 0 aromatic carbocycles.